The molecule has 5 heteroatoms. The maximum absolute atomic E-state index is 13.2. The minimum Gasteiger partial charge on any atom is -0.497 e. The minimum atomic E-state index is -1.81. The molecule has 2 aromatic carbocycles. The van der Waals surface area contributed by atoms with Gasteiger partial charge in [-0.3, -0.25) is 9.59 Å². The van der Waals surface area contributed by atoms with E-state index in [1.807, 2.05) is 11.0 Å². The number of rotatable bonds is 5. The van der Waals surface area contributed by atoms with Crippen LogP contribution in [0.5, 0.6) is 5.75 Å². The first-order valence-electron chi connectivity index (χ1n) is 9.58. The molecule has 4 rings (SSSR count). The Morgan fingerprint density at radius 2 is 1.75 bits per heavy atom. The fourth-order valence-corrected chi connectivity index (χ4v) is 4.08. The van der Waals surface area contributed by atoms with Crippen LogP contribution in [0.1, 0.15) is 35.2 Å². The van der Waals surface area contributed by atoms with Gasteiger partial charge in [0, 0.05) is 24.2 Å². The molecule has 0 saturated carbocycles. The zero-order valence-corrected chi connectivity index (χ0v) is 15.9. The van der Waals surface area contributed by atoms with Crippen molar-refractivity contribution in [2.24, 2.45) is 0 Å². The van der Waals surface area contributed by atoms with Crippen molar-refractivity contribution < 1.29 is 19.4 Å². The number of carbonyl (C=O) groups is 2. The van der Waals surface area contributed by atoms with Crippen molar-refractivity contribution >= 4 is 11.6 Å². The SMILES string of the molecule is COc1cccc(C2(O)C(=O)C(C(=O)c3ccccc3)=C2N2CCCCC2)c1. The summed E-state index contributed by atoms with van der Waals surface area (Å²) in [7, 11) is 1.54. The Morgan fingerprint density at radius 1 is 1.04 bits per heavy atom. The molecule has 1 heterocycles. The number of carbonyl (C=O) groups excluding carboxylic acids is 2. The standard InChI is InChI=1S/C23H23NO4/c1-28-18-12-8-11-17(15-18)23(27)21(24-13-6-3-7-14-24)19(22(23)26)20(25)16-9-4-2-5-10-16/h2,4-5,8-12,15,27H,3,6-7,13-14H2,1H3. The van der Waals surface area contributed by atoms with Gasteiger partial charge in [-0.15, -0.1) is 0 Å². The lowest BCUT2D eigenvalue weighted by molar-refractivity contribution is -0.137. The highest BCUT2D eigenvalue weighted by molar-refractivity contribution is 6.34. The van der Waals surface area contributed by atoms with E-state index in [-0.39, 0.29) is 11.4 Å². The van der Waals surface area contributed by atoms with Crippen LogP contribution < -0.4 is 4.74 Å². The Hall–Kier alpha value is -2.92. The Balaban J connectivity index is 1.84. The number of likely N-dealkylation sites (tertiary alicyclic amines) is 1. The predicted octanol–water partition coefficient (Wildman–Crippen LogP) is 3.09. The van der Waals surface area contributed by atoms with Crippen LogP contribution in [0.3, 0.4) is 0 Å². The van der Waals surface area contributed by atoms with Crippen LogP contribution in [0.25, 0.3) is 0 Å². The maximum Gasteiger partial charge on any atom is 0.211 e. The summed E-state index contributed by atoms with van der Waals surface area (Å²) in [5, 5.41) is 11.5. The zero-order chi connectivity index (χ0) is 19.7. The van der Waals surface area contributed by atoms with E-state index in [2.05, 4.69) is 0 Å². The molecule has 1 N–H and O–H groups in total. The van der Waals surface area contributed by atoms with E-state index >= 15 is 0 Å². The lowest BCUT2D eigenvalue weighted by Crippen LogP contribution is -2.56. The van der Waals surface area contributed by atoms with Gasteiger partial charge >= 0.3 is 0 Å². The van der Waals surface area contributed by atoms with Gasteiger partial charge in [-0.2, -0.15) is 0 Å². The molecule has 1 aliphatic carbocycles. The smallest absolute Gasteiger partial charge is 0.211 e. The molecule has 1 unspecified atom stereocenters. The maximum atomic E-state index is 13.2. The molecule has 0 amide bonds. The minimum absolute atomic E-state index is 0.0958. The van der Waals surface area contributed by atoms with Crippen molar-refractivity contribution in [3.63, 3.8) is 0 Å². The molecule has 28 heavy (non-hydrogen) atoms. The Labute approximate surface area is 164 Å². The van der Waals surface area contributed by atoms with Crippen LogP contribution >= 0.6 is 0 Å². The fraction of sp³-hybridized carbons (Fsp3) is 0.304. The number of nitrogens with zero attached hydrogens (tertiary/aromatic N) is 1. The number of hydrogen-bond acceptors (Lipinski definition) is 5. The van der Waals surface area contributed by atoms with Gasteiger partial charge in [-0.1, -0.05) is 42.5 Å². The van der Waals surface area contributed by atoms with Crippen LogP contribution in [0.4, 0.5) is 0 Å². The van der Waals surface area contributed by atoms with Crippen LogP contribution in [0, 0.1) is 0 Å². The highest BCUT2D eigenvalue weighted by atomic mass is 16.5. The van der Waals surface area contributed by atoms with Crippen molar-refractivity contribution in [2.45, 2.75) is 24.9 Å². The summed E-state index contributed by atoms with van der Waals surface area (Å²) in [5.74, 6) is -0.325. The van der Waals surface area contributed by atoms with E-state index in [9.17, 15) is 14.7 Å². The monoisotopic (exact) mass is 377 g/mol. The molecular formula is C23H23NO4. The first kappa shape index (κ1) is 18.4. The number of aliphatic hydroxyl groups is 1. The Kier molecular flexibility index (Phi) is 4.77. The van der Waals surface area contributed by atoms with Crippen LogP contribution in [0.2, 0.25) is 0 Å². The highest BCUT2D eigenvalue weighted by Gasteiger charge is 2.58. The molecule has 0 aromatic heterocycles. The Morgan fingerprint density at radius 3 is 2.43 bits per heavy atom. The average molecular weight is 377 g/mol. The van der Waals surface area contributed by atoms with E-state index < -0.39 is 11.4 Å². The van der Waals surface area contributed by atoms with Crippen LogP contribution in [0.15, 0.2) is 65.9 Å². The number of piperidine rings is 1. The quantitative estimate of drug-likeness (QED) is 0.641. The van der Waals surface area contributed by atoms with E-state index in [0.717, 1.165) is 32.4 Å². The van der Waals surface area contributed by atoms with Gasteiger partial charge in [0.2, 0.25) is 5.78 Å². The summed E-state index contributed by atoms with van der Waals surface area (Å²) < 4.78 is 5.26. The zero-order valence-electron chi connectivity index (χ0n) is 15.9. The van der Waals surface area contributed by atoms with Crippen LogP contribution in [-0.2, 0) is 10.4 Å². The molecular weight excluding hydrogens is 354 g/mol. The summed E-state index contributed by atoms with van der Waals surface area (Å²) in [4.78, 5) is 28.2. The fourth-order valence-electron chi connectivity index (χ4n) is 4.08. The van der Waals surface area contributed by atoms with Crippen molar-refractivity contribution in [3.8, 4) is 5.75 Å². The first-order chi connectivity index (χ1) is 13.6. The molecule has 1 saturated heterocycles. The lowest BCUT2D eigenvalue weighted by atomic mass is 9.68. The predicted molar refractivity (Wildman–Crippen MR) is 105 cm³/mol. The molecule has 2 aliphatic rings. The van der Waals surface area contributed by atoms with Crippen molar-refractivity contribution in [2.75, 3.05) is 20.2 Å². The number of benzene rings is 2. The number of ether oxygens (including phenoxy) is 1. The summed E-state index contributed by atoms with van der Waals surface area (Å²) in [6.45, 7) is 1.45. The largest absolute Gasteiger partial charge is 0.497 e. The van der Waals surface area contributed by atoms with E-state index in [0.29, 0.717) is 22.6 Å². The van der Waals surface area contributed by atoms with Crippen molar-refractivity contribution in [1.29, 1.82) is 0 Å². The van der Waals surface area contributed by atoms with Crippen molar-refractivity contribution in [3.05, 3.63) is 77.0 Å². The van der Waals surface area contributed by atoms with E-state index in [4.69, 9.17) is 4.74 Å². The molecule has 1 atom stereocenters. The number of methoxy groups -OCH3 is 1. The van der Waals surface area contributed by atoms with E-state index in [1.165, 1.54) is 7.11 Å². The van der Waals surface area contributed by atoms with Gasteiger partial charge < -0.3 is 14.7 Å². The van der Waals surface area contributed by atoms with Gasteiger partial charge in [0.15, 0.2) is 11.4 Å². The van der Waals surface area contributed by atoms with Gasteiger partial charge in [0.05, 0.1) is 18.4 Å². The van der Waals surface area contributed by atoms with Gasteiger partial charge in [-0.25, -0.2) is 0 Å². The Bertz CT molecular complexity index is 944. The molecule has 0 bridgehead atoms. The number of hydrogen-bond donors (Lipinski definition) is 1. The average Bonchev–Trinajstić information content (AvgIpc) is 2.77. The molecule has 1 aliphatic heterocycles. The normalized spacial score (nSPS) is 22.1. The molecule has 0 radical (unpaired) electrons. The summed E-state index contributed by atoms with van der Waals surface area (Å²) in [6.07, 6.45) is 3.05. The number of Topliss-reactive ketones (excluding diaryl/α,β-unsaturated/α-hetero) is 2. The topological polar surface area (TPSA) is 66.8 Å². The summed E-state index contributed by atoms with van der Waals surface area (Å²) in [5.41, 5.74) is -0.404. The van der Waals surface area contributed by atoms with Gasteiger partial charge in [0.25, 0.3) is 0 Å². The first-order valence-corrected chi connectivity index (χ1v) is 9.58. The second kappa shape index (κ2) is 7.24. The highest BCUT2D eigenvalue weighted by Crippen LogP contribution is 2.47. The number of ketones is 2. The summed E-state index contributed by atoms with van der Waals surface area (Å²) >= 11 is 0. The molecule has 2 aromatic rings. The molecule has 0 spiro atoms. The summed E-state index contributed by atoms with van der Waals surface area (Å²) in [6, 6.07) is 15.6. The molecule has 5 nitrogen and oxygen atoms in total. The third kappa shape index (κ3) is 2.83. The molecule has 1 fully saturated rings. The lowest BCUT2D eigenvalue weighted by Gasteiger charge is -2.46. The van der Waals surface area contributed by atoms with Crippen LogP contribution in [-0.4, -0.2) is 41.8 Å². The second-order valence-electron chi connectivity index (χ2n) is 7.24. The van der Waals surface area contributed by atoms with E-state index in [1.54, 1.807) is 48.5 Å². The molecule has 144 valence electrons. The van der Waals surface area contributed by atoms with Crippen molar-refractivity contribution in [1.82, 2.24) is 4.90 Å². The third-order valence-electron chi connectivity index (χ3n) is 5.56. The third-order valence-corrected chi connectivity index (χ3v) is 5.56. The van der Waals surface area contributed by atoms with Gasteiger partial charge in [0.1, 0.15) is 5.75 Å². The second-order valence-corrected chi connectivity index (χ2v) is 7.24. The van der Waals surface area contributed by atoms with Gasteiger partial charge in [-0.05, 0) is 31.4 Å².